The van der Waals surface area contributed by atoms with Crippen LogP contribution in [0.5, 0.6) is 5.75 Å². The Morgan fingerprint density at radius 1 is 0.844 bits per heavy atom. The molecule has 0 radical (unpaired) electrons. The first-order valence-electron chi connectivity index (χ1n) is 26.6. The zero-order valence-electron chi connectivity index (χ0n) is 44.5. The maximum absolute atomic E-state index is 15.0. The lowest BCUT2D eigenvalue weighted by Crippen LogP contribution is -2.58. The van der Waals surface area contributed by atoms with Crippen molar-refractivity contribution in [2.24, 2.45) is 5.92 Å². The van der Waals surface area contributed by atoms with E-state index in [0.717, 1.165) is 77.0 Å². The molecule has 5 aromatic carbocycles. The Balaban J connectivity index is 1.06. The molecule has 5 N–H and O–H groups in total. The summed E-state index contributed by atoms with van der Waals surface area (Å²) < 4.78 is 6.77. The lowest BCUT2D eigenvalue weighted by Gasteiger charge is -2.37. The highest BCUT2D eigenvalue weighted by Crippen LogP contribution is 2.37. The highest BCUT2D eigenvalue weighted by molar-refractivity contribution is 9.10. The van der Waals surface area contributed by atoms with Crippen molar-refractivity contribution in [2.45, 2.75) is 95.0 Å². The van der Waals surface area contributed by atoms with Crippen molar-refractivity contribution in [3.8, 4) is 5.75 Å². The van der Waals surface area contributed by atoms with Crippen LogP contribution in [-0.4, -0.2) is 131 Å². The molecular formula is C59H70BrN9O8. The molecule has 1 saturated heterocycles. The first-order valence-corrected chi connectivity index (χ1v) is 27.4. The smallest absolute Gasteiger partial charge is 0.258 e. The lowest BCUT2D eigenvalue weighted by atomic mass is 9.83. The molecule has 2 heterocycles. The van der Waals surface area contributed by atoms with Crippen LogP contribution in [0.2, 0.25) is 0 Å². The van der Waals surface area contributed by atoms with Crippen LogP contribution in [0.15, 0.2) is 108 Å². The second kappa shape index (κ2) is 25.8. The summed E-state index contributed by atoms with van der Waals surface area (Å²) in [6.07, 6.45) is 6.78. The summed E-state index contributed by atoms with van der Waals surface area (Å²) in [5, 5.41) is 16.6. The van der Waals surface area contributed by atoms with Gasteiger partial charge >= 0.3 is 0 Å². The van der Waals surface area contributed by atoms with Crippen LogP contribution in [0, 0.1) is 5.92 Å². The molecule has 5 aromatic rings. The topological polar surface area (TPSA) is 202 Å². The Labute approximate surface area is 458 Å². The van der Waals surface area contributed by atoms with Crippen LogP contribution < -0.4 is 46.0 Å². The summed E-state index contributed by atoms with van der Waals surface area (Å²) in [6.45, 7) is 2.39. The zero-order valence-corrected chi connectivity index (χ0v) is 46.1. The number of anilines is 3. The van der Waals surface area contributed by atoms with Gasteiger partial charge in [0.05, 0.1) is 37.6 Å². The predicted molar refractivity (Wildman–Crippen MR) is 302 cm³/mol. The molecule has 2 fully saturated rings. The van der Waals surface area contributed by atoms with Gasteiger partial charge in [0, 0.05) is 59.6 Å². The number of fused-ring (bicyclic) bond motifs is 2. The molecule has 0 spiro atoms. The van der Waals surface area contributed by atoms with Crippen molar-refractivity contribution in [1.82, 2.24) is 31.5 Å². The number of carbonyl (C=O) groups excluding carboxylic acids is 7. The van der Waals surface area contributed by atoms with Crippen LogP contribution in [0.1, 0.15) is 83.7 Å². The van der Waals surface area contributed by atoms with Gasteiger partial charge in [-0.25, -0.2) is 0 Å². The monoisotopic (exact) mass is 1110 g/mol. The van der Waals surface area contributed by atoms with Crippen LogP contribution in [0.3, 0.4) is 0 Å². The van der Waals surface area contributed by atoms with Gasteiger partial charge in [-0.05, 0) is 136 Å². The molecule has 77 heavy (non-hydrogen) atoms. The zero-order chi connectivity index (χ0) is 54.8. The minimum absolute atomic E-state index is 0.0425. The van der Waals surface area contributed by atoms with E-state index >= 15 is 4.79 Å². The van der Waals surface area contributed by atoms with Crippen molar-refractivity contribution in [3.63, 3.8) is 0 Å². The molecule has 5 atom stereocenters. The Morgan fingerprint density at radius 2 is 1.56 bits per heavy atom. The van der Waals surface area contributed by atoms with Crippen molar-refractivity contribution in [1.29, 1.82) is 0 Å². The number of aldehydes is 1. The number of likely N-dealkylation sites (N-methyl/N-ethyl adjacent to an activating group) is 2. The summed E-state index contributed by atoms with van der Waals surface area (Å²) in [6, 6.07) is 27.2. The number of amides is 6. The van der Waals surface area contributed by atoms with Crippen molar-refractivity contribution < 1.29 is 38.3 Å². The van der Waals surface area contributed by atoms with Crippen LogP contribution in [0.25, 0.3) is 10.8 Å². The summed E-state index contributed by atoms with van der Waals surface area (Å²) in [5.41, 5.74) is 4.35. The average Bonchev–Trinajstić information content (AvgIpc) is 3.88. The number of likely N-dealkylation sites (tertiary alicyclic amines) is 1. The predicted octanol–water partition coefficient (Wildman–Crippen LogP) is 6.15. The minimum atomic E-state index is -1.08. The molecule has 3 aliphatic rings. The van der Waals surface area contributed by atoms with E-state index in [9.17, 15) is 28.8 Å². The number of hydrogen-bond donors (Lipinski definition) is 5. The van der Waals surface area contributed by atoms with E-state index in [0.29, 0.717) is 36.5 Å². The minimum Gasteiger partial charge on any atom is -0.496 e. The van der Waals surface area contributed by atoms with Gasteiger partial charge < -0.3 is 55.7 Å². The highest BCUT2D eigenvalue weighted by atomic mass is 79.9. The second-order valence-electron chi connectivity index (χ2n) is 20.3. The molecule has 1 aliphatic carbocycles. The maximum atomic E-state index is 15.0. The number of para-hydroxylation sites is 3. The highest BCUT2D eigenvalue weighted by Gasteiger charge is 2.46. The van der Waals surface area contributed by atoms with E-state index < -0.39 is 47.9 Å². The van der Waals surface area contributed by atoms with E-state index in [-0.39, 0.29) is 60.8 Å². The summed E-state index contributed by atoms with van der Waals surface area (Å²) in [4.78, 5) is 105. The third-order valence-corrected chi connectivity index (χ3v) is 15.7. The maximum Gasteiger partial charge on any atom is 0.258 e. The van der Waals surface area contributed by atoms with Crippen molar-refractivity contribution >= 4 is 85.5 Å². The Hall–Kier alpha value is -7.15. The number of nitrogens with zero attached hydrogens (tertiary/aromatic N) is 4. The second-order valence-corrected chi connectivity index (χ2v) is 21.2. The third-order valence-electron chi connectivity index (χ3n) is 15.2. The van der Waals surface area contributed by atoms with E-state index in [1.165, 1.54) is 4.90 Å². The van der Waals surface area contributed by atoms with Gasteiger partial charge in [-0.15, -0.1) is 0 Å². The molecule has 0 bridgehead atoms. The summed E-state index contributed by atoms with van der Waals surface area (Å²) in [5.74, 6) is -1.69. The van der Waals surface area contributed by atoms with Gasteiger partial charge in [0.25, 0.3) is 11.8 Å². The number of hydrogen-bond acceptors (Lipinski definition) is 11. The van der Waals surface area contributed by atoms with E-state index in [2.05, 4.69) is 42.5 Å². The number of benzene rings is 5. The number of nitrogens with one attached hydrogen (secondary N) is 5. The number of rotatable bonds is 20. The summed E-state index contributed by atoms with van der Waals surface area (Å²) >= 11 is 3.58. The van der Waals surface area contributed by atoms with E-state index in [1.54, 1.807) is 74.3 Å². The lowest BCUT2D eigenvalue weighted by molar-refractivity contribution is -0.142. The van der Waals surface area contributed by atoms with E-state index in [1.807, 2.05) is 78.7 Å². The number of carbonyl (C=O) groups is 7. The molecule has 18 heteroatoms. The van der Waals surface area contributed by atoms with Crippen molar-refractivity contribution in [3.05, 3.63) is 130 Å². The molecule has 406 valence electrons. The van der Waals surface area contributed by atoms with Crippen LogP contribution in [-0.2, 0) is 36.9 Å². The van der Waals surface area contributed by atoms with Gasteiger partial charge in [-0.1, -0.05) is 77.7 Å². The molecule has 2 aliphatic heterocycles. The first-order chi connectivity index (χ1) is 37.2. The fraction of sp³-hybridized carbons (Fsp3) is 0.407. The molecule has 0 aromatic heterocycles. The SMILES string of the molecule is CNCC(=O)NC(C=O)CN(C(=O)c1ccc(C(=O)NC2CC(C(=O)N3CCCc4ccccc43)N(C(=O)C(NC(=O)[C@H](C)NC)C3CCCCC3)C2)cc1)c1ccccc1N(C)Cc1c(OC)ccc2cc(Br)ccc12. The Kier molecular flexibility index (Phi) is 18.8. The number of ether oxygens (including phenoxy) is 1. The normalized spacial score (nSPS) is 17.6. The van der Waals surface area contributed by atoms with Crippen molar-refractivity contribution in [2.75, 3.05) is 69.1 Å². The van der Waals surface area contributed by atoms with E-state index in [4.69, 9.17) is 4.74 Å². The number of halogens is 1. The third kappa shape index (κ3) is 13.0. The van der Waals surface area contributed by atoms with Gasteiger partial charge in [-0.2, -0.15) is 0 Å². The van der Waals surface area contributed by atoms with Crippen LogP contribution in [0.4, 0.5) is 17.1 Å². The van der Waals surface area contributed by atoms with Gasteiger partial charge in [-0.3, -0.25) is 28.8 Å². The Bertz CT molecular complexity index is 2970. The molecule has 17 nitrogen and oxygen atoms in total. The summed E-state index contributed by atoms with van der Waals surface area (Å²) in [7, 11) is 6.83. The standard InChI is InChI=1S/C59H70BrN9O8/c1-37(62-3)55(72)65-54(39-15-7-6-8-16-39)59(76)69-33-44(31-51(69)58(75)67-29-13-17-38-14-9-10-18-48(38)67)64-56(73)40-21-23-41(24-22-40)57(74)68(34-45(36-70)63-53(71)32-61-2)50-20-12-11-19-49(50)66(4)35-47-46-27-26-43(60)30-42(46)25-28-52(47)77-5/h9-12,14,18-28,30,36-37,39,44-45,51,54,61-62H,6-8,13,15-17,29,31-35H2,1-5H3,(H,63,71)(H,64,73)(H,65,72)/t37-,44?,45?,51?,54?/m0/s1. The fourth-order valence-electron chi connectivity index (χ4n) is 11.1. The largest absolute Gasteiger partial charge is 0.496 e. The quantitative estimate of drug-likeness (QED) is 0.0560. The molecule has 6 amide bonds. The fourth-order valence-corrected chi connectivity index (χ4v) is 11.4. The average molecular weight is 1110 g/mol. The number of methoxy groups -OCH3 is 1. The molecule has 4 unspecified atom stereocenters. The van der Waals surface area contributed by atoms with Crippen LogP contribution >= 0.6 is 15.9 Å². The molecule has 1 saturated carbocycles. The number of aryl methyl sites for hydroxylation is 1. The van der Waals surface area contributed by atoms with Gasteiger partial charge in [0.2, 0.25) is 23.6 Å². The van der Waals surface area contributed by atoms with Gasteiger partial charge in [0.1, 0.15) is 30.2 Å². The first kappa shape index (κ1) is 56.1. The Morgan fingerprint density at radius 3 is 2.27 bits per heavy atom. The van der Waals surface area contributed by atoms with Gasteiger partial charge in [0.15, 0.2) is 0 Å². The molecular weight excluding hydrogens is 1040 g/mol. The molecule has 8 rings (SSSR count).